The molecule has 1 aromatic rings. The molecule has 0 radical (unpaired) electrons. The Kier molecular flexibility index (Phi) is 6.74. The first-order chi connectivity index (χ1) is 7.43. The van der Waals surface area contributed by atoms with Gasteiger partial charge in [0.15, 0.2) is 0 Å². The summed E-state index contributed by atoms with van der Waals surface area (Å²) < 4.78 is 31.5. The van der Waals surface area contributed by atoms with Gasteiger partial charge < -0.3 is 5.11 Å². The number of rotatable bonds is 2. The van der Waals surface area contributed by atoms with Crippen molar-refractivity contribution in [2.75, 3.05) is 0 Å². The fourth-order valence-corrected chi connectivity index (χ4v) is 3.09. The van der Waals surface area contributed by atoms with E-state index in [0.29, 0.717) is 18.4 Å². The van der Waals surface area contributed by atoms with Crippen LogP contribution in [0.4, 0.5) is 0 Å². The molecule has 18 heavy (non-hydrogen) atoms. The average Bonchev–Trinajstić information content (AvgIpc) is 2.65. The van der Waals surface area contributed by atoms with Gasteiger partial charge in [-0.25, -0.2) is 0 Å². The van der Waals surface area contributed by atoms with Crippen LogP contribution in [-0.4, -0.2) is 55.8 Å². The standard InChI is InChI=1S/C11H14O4S.2Li.2H/c12-11(7-3-4-8-11)9-5-1-2-6-10(9)16(13,14)15;;;;/h1-2,5-6,12H,3-4,7-8H2,(H,13,14,15);;;;. The van der Waals surface area contributed by atoms with E-state index in [-0.39, 0.29) is 42.6 Å². The van der Waals surface area contributed by atoms with E-state index in [1.165, 1.54) is 12.1 Å². The summed E-state index contributed by atoms with van der Waals surface area (Å²) in [5.74, 6) is 0. The Morgan fingerprint density at radius 3 is 2.06 bits per heavy atom. The van der Waals surface area contributed by atoms with Crippen LogP contribution in [0.25, 0.3) is 0 Å². The molecular formula is C11H16Li2O4S. The van der Waals surface area contributed by atoms with Crippen LogP contribution < -0.4 is 0 Å². The summed E-state index contributed by atoms with van der Waals surface area (Å²) in [5, 5.41) is 10.3. The number of aliphatic hydroxyl groups is 1. The molecule has 0 heterocycles. The Labute approximate surface area is 131 Å². The maximum absolute atomic E-state index is 11.2. The van der Waals surface area contributed by atoms with Gasteiger partial charge in [-0.05, 0) is 18.9 Å². The van der Waals surface area contributed by atoms with Gasteiger partial charge >= 0.3 is 37.7 Å². The molecule has 0 unspecified atom stereocenters. The van der Waals surface area contributed by atoms with Gasteiger partial charge in [0.25, 0.3) is 10.1 Å². The molecule has 1 aliphatic carbocycles. The molecule has 1 saturated carbocycles. The Hall–Kier alpha value is 0.285. The van der Waals surface area contributed by atoms with Gasteiger partial charge in [0.2, 0.25) is 0 Å². The van der Waals surface area contributed by atoms with Gasteiger partial charge in [-0.3, -0.25) is 4.55 Å². The summed E-state index contributed by atoms with van der Waals surface area (Å²) in [6, 6.07) is 6.08. The summed E-state index contributed by atoms with van der Waals surface area (Å²) in [4.78, 5) is -0.181. The Bertz CT molecular complexity index is 496. The first kappa shape index (κ1) is 18.3. The predicted molar refractivity (Wildman–Crippen MR) is 72.9 cm³/mol. The fourth-order valence-electron chi connectivity index (χ4n) is 2.31. The van der Waals surface area contributed by atoms with Crippen molar-refractivity contribution in [3.05, 3.63) is 29.8 Å². The zero-order chi connectivity index (χ0) is 11.8. The molecule has 0 aliphatic heterocycles. The fraction of sp³-hybridized carbons (Fsp3) is 0.455. The van der Waals surface area contributed by atoms with E-state index < -0.39 is 15.7 Å². The summed E-state index contributed by atoms with van der Waals surface area (Å²) in [7, 11) is -4.27. The predicted octanol–water partition coefficient (Wildman–Crippen LogP) is 0.398. The third kappa shape index (κ3) is 3.65. The minimum absolute atomic E-state index is 0. The van der Waals surface area contributed by atoms with E-state index in [1.807, 2.05) is 0 Å². The first-order valence-corrected chi connectivity index (χ1v) is 6.67. The minimum atomic E-state index is -4.27. The van der Waals surface area contributed by atoms with E-state index in [0.717, 1.165) is 12.8 Å². The van der Waals surface area contributed by atoms with E-state index in [2.05, 4.69) is 0 Å². The molecule has 0 amide bonds. The Morgan fingerprint density at radius 1 is 1.06 bits per heavy atom. The molecule has 1 fully saturated rings. The second-order valence-corrected chi connectivity index (χ2v) is 5.60. The van der Waals surface area contributed by atoms with Crippen LogP contribution in [-0.2, 0) is 15.7 Å². The summed E-state index contributed by atoms with van der Waals surface area (Å²) >= 11 is 0. The maximum atomic E-state index is 11.2. The van der Waals surface area contributed by atoms with Crippen LogP contribution in [0.15, 0.2) is 29.2 Å². The third-order valence-electron chi connectivity index (χ3n) is 3.10. The topological polar surface area (TPSA) is 74.6 Å². The van der Waals surface area contributed by atoms with Crippen molar-refractivity contribution >= 4 is 47.8 Å². The van der Waals surface area contributed by atoms with Gasteiger partial charge in [0.1, 0.15) is 0 Å². The van der Waals surface area contributed by atoms with Gasteiger partial charge in [-0.15, -0.1) is 0 Å². The molecule has 0 aromatic heterocycles. The number of hydrogen-bond donors (Lipinski definition) is 2. The van der Waals surface area contributed by atoms with Gasteiger partial charge in [-0.2, -0.15) is 8.42 Å². The van der Waals surface area contributed by atoms with Crippen LogP contribution >= 0.6 is 0 Å². The quantitative estimate of drug-likeness (QED) is 0.594. The van der Waals surface area contributed by atoms with Crippen LogP contribution in [0.2, 0.25) is 0 Å². The molecule has 0 bridgehead atoms. The van der Waals surface area contributed by atoms with Crippen LogP contribution in [0.3, 0.4) is 0 Å². The molecule has 2 N–H and O–H groups in total. The van der Waals surface area contributed by atoms with Crippen molar-refractivity contribution < 1.29 is 18.1 Å². The zero-order valence-electron chi connectivity index (χ0n) is 8.76. The molecular weight excluding hydrogens is 242 g/mol. The zero-order valence-corrected chi connectivity index (χ0v) is 9.57. The average molecular weight is 258 g/mol. The van der Waals surface area contributed by atoms with Gasteiger partial charge in [-0.1, -0.05) is 31.0 Å². The van der Waals surface area contributed by atoms with Gasteiger partial charge in [0, 0.05) is 5.56 Å². The summed E-state index contributed by atoms with van der Waals surface area (Å²) in [5.41, 5.74) is -0.790. The molecule has 4 nitrogen and oxygen atoms in total. The van der Waals surface area contributed by atoms with E-state index >= 15 is 0 Å². The second kappa shape index (κ2) is 6.63. The molecule has 2 rings (SSSR count). The monoisotopic (exact) mass is 258 g/mol. The van der Waals surface area contributed by atoms with Crippen molar-refractivity contribution in [1.82, 2.24) is 0 Å². The van der Waals surface area contributed by atoms with Crippen LogP contribution in [0.5, 0.6) is 0 Å². The molecule has 0 atom stereocenters. The molecule has 0 saturated heterocycles. The second-order valence-electron chi connectivity index (χ2n) is 4.21. The molecule has 7 heteroatoms. The van der Waals surface area contributed by atoms with Gasteiger partial charge in [0.05, 0.1) is 10.5 Å². The first-order valence-electron chi connectivity index (χ1n) is 5.23. The summed E-state index contributed by atoms with van der Waals surface area (Å²) in [6.07, 6.45) is 2.83. The van der Waals surface area contributed by atoms with E-state index in [9.17, 15) is 13.5 Å². The SMILES string of the molecule is O=S(=O)(O)c1ccccc1C1(O)CCCC1.[LiH].[LiH]. The van der Waals surface area contributed by atoms with Crippen molar-refractivity contribution in [2.45, 2.75) is 36.2 Å². The molecule has 92 valence electrons. The van der Waals surface area contributed by atoms with Crippen molar-refractivity contribution in [2.24, 2.45) is 0 Å². The summed E-state index contributed by atoms with van der Waals surface area (Å²) in [6.45, 7) is 0. The van der Waals surface area contributed by atoms with Crippen LogP contribution in [0.1, 0.15) is 31.2 Å². The third-order valence-corrected chi connectivity index (χ3v) is 4.01. The van der Waals surface area contributed by atoms with Crippen LogP contribution in [0, 0.1) is 0 Å². The van der Waals surface area contributed by atoms with Crippen molar-refractivity contribution in [3.63, 3.8) is 0 Å². The Morgan fingerprint density at radius 2 is 1.56 bits per heavy atom. The molecule has 0 spiro atoms. The normalized spacial score (nSPS) is 17.7. The molecule has 1 aliphatic rings. The van der Waals surface area contributed by atoms with Crippen molar-refractivity contribution in [3.8, 4) is 0 Å². The number of hydrogen-bond acceptors (Lipinski definition) is 3. The van der Waals surface area contributed by atoms with E-state index in [4.69, 9.17) is 4.55 Å². The van der Waals surface area contributed by atoms with Crippen molar-refractivity contribution in [1.29, 1.82) is 0 Å². The number of benzene rings is 1. The Balaban J connectivity index is 0.00000144. The molecule has 1 aromatic carbocycles. The van der Waals surface area contributed by atoms with E-state index in [1.54, 1.807) is 12.1 Å².